The zero-order valence-corrected chi connectivity index (χ0v) is 13.5. The highest BCUT2D eigenvalue weighted by molar-refractivity contribution is 5.97. The van der Waals surface area contributed by atoms with E-state index < -0.39 is 0 Å². The van der Waals surface area contributed by atoms with Crippen molar-refractivity contribution in [3.8, 4) is 0 Å². The van der Waals surface area contributed by atoms with Gasteiger partial charge >= 0.3 is 0 Å². The summed E-state index contributed by atoms with van der Waals surface area (Å²) in [6, 6.07) is 22.6. The number of benzene rings is 3. The second-order valence-corrected chi connectivity index (χ2v) is 6.19. The molecule has 4 rings (SSSR count). The van der Waals surface area contributed by atoms with Crippen molar-refractivity contribution in [3.63, 3.8) is 0 Å². The molecule has 1 N–H and O–H groups in total. The molecule has 24 heavy (non-hydrogen) atoms. The van der Waals surface area contributed by atoms with E-state index in [0.29, 0.717) is 6.54 Å². The van der Waals surface area contributed by atoms with Gasteiger partial charge in [-0.2, -0.15) is 0 Å². The molecule has 120 valence electrons. The number of para-hydroxylation sites is 1. The third kappa shape index (κ3) is 2.85. The van der Waals surface area contributed by atoms with Gasteiger partial charge in [-0.05, 0) is 47.4 Å². The lowest BCUT2D eigenvalue weighted by Gasteiger charge is -2.29. The summed E-state index contributed by atoms with van der Waals surface area (Å²) in [5.41, 5.74) is 3.31. The van der Waals surface area contributed by atoms with Gasteiger partial charge in [-0.3, -0.25) is 4.79 Å². The van der Waals surface area contributed by atoms with E-state index in [1.807, 2.05) is 41.3 Å². The lowest BCUT2D eigenvalue weighted by atomic mass is 10.0. The Morgan fingerprint density at radius 2 is 1.75 bits per heavy atom. The molecular formula is C21H20N2O. The normalized spacial score (nSPS) is 13.6. The van der Waals surface area contributed by atoms with Crippen LogP contribution >= 0.6 is 0 Å². The summed E-state index contributed by atoms with van der Waals surface area (Å²) in [5.74, 6) is 0.121. The van der Waals surface area contributed by atoms with Crippen LogP contribution in [0.4, 0.5) is 11.4 Å². The summed E-state index contributed by atoms with van der Waals surface area (Å²) >= 11 is 0. The Hall–Kier alpha value is -2.81. The van der Waals surface area contributed by atoms with E-state index in [4.69, 9.17) is 0 Å². The highest BCUT2D eigenvalue weighted by Gasteiger charge is 2.21. The second kappa shape index (κ2) is 6.36. The third-order valence-electron chi connectivity index (χ3n) is 4.60. The Bertz CT molecular complexity index is 888. The van der Waals surface area contributed by atoms with Crippen LogP contribution < -0.4 is 10.2 Å². The molecule has 0 bridgehead atoms. The lowest BCUT2D eigenvalue weighted by Crippen LogP contribution is -2.39. The summed E-state index contributed by atoms with van der Waals surface area (Å²) in [5, 5.41) is 5.66. The molecule has 1 amide bonds. The number of amides is 1. The first kappa shape index (κ1) is 14.8. The van der Waals surface area contributed by atoms with Crippen molar-refractivity contribution in [2.75, 3.05) is 23.3 Å². The Labute approximate surface area is 141 Å². The number of carbonyl (C=O) groups excluding carboxylic acids is 1. The fourth-order valence-electron chi connectivity index (χ4n) is 3.37. The molecule has 1 aliphatic rings. The largest absolute Gasteiger partial charge is 0.376 e. The van der Waals surface area contributed by atoms with E-state index in [1.54, 1.807) is 0 Å². The Morgan fingerprint density at radius 1 is 0.958 bits per heavy atom. The van der Waals surface area contributed by atoms with Gasteiger partial charge in [-0.15, -0.1) is 0 Å². The van der Waals surface area contributed by atoms with Crippen LogP contribution in [0.3, 0.4) is 0 Å². The summed E-state index contributed by atoms with van der Waals surface area (Å²) < 4.78 is 0. The van der Waals surface area contributed by atoms with Crippen LogP contribution in [-0.4, -0.2) is 19.0 Å². The first-order valence-corrected chi connectivity index (χ1v) is 8.42. The second-order valence-electron chi connectivity index (χ2n) is 6.19. The predicted molar refractivity (Wildman–Crippen MR) is 99.6 cm³/mol. The molecule has 0 unspecified atom stereocenters. The molecule has 0 aliphatic carbocycles. The Balaban J connectivity index is 1.48. The van der Waals surface area contributed by atoms with E-state index in [0.717, 1.165) is 30.8 Å². The molecule has 0 saturated carbocycles. The average molecular weight is 316 g/mol. The number of anilines is 2. The molecule has 1 heterocycles. The number of fused-ring (bicyclic) bond motifs is 2. The number of rotatable bonds is 3. The lowest BCUT2D eigenvalue weighted by molar-refractivity contribution is -0.117. The van der Waals surface area contributed by atoms with Gasteiger partial charge in [0.25, 0.3) is 0 Å². The average Bonchev–Trinajstić information content (AvgIpc) is 2.65. The standard InChI is InChI=1S/C21H20N2O/c24-21(23-13-5-9-17-7-3-4-10-20(17)23)15-22-19-12-11-16-6-1-2-8-18(16)14-19/h1-4,6-8,10-12,14,22H,5,9,13,15H2. The van der Waals surface area contributed by atoms with Crippen LogP contribution in [0.2, 0.25) is 0 Å². The molecule has 0 atom stereocenters. The quantitative estimate of drug-likeness (QED) is 0.784. The van der Waals surface area contributed by atoms with Crippen molar-refractivity contribution in [3.05, 3.63) is 72.3 Å². The third-order valence-corrected chi connectivity index (χ3v) is 4.60. The van der Waals surface area contributed by atoms with Crippen molar-refractivity contribution >= 4 is 28.1 Å². The molecule has 0 aromatic heterocycles. The van der Waals surface area contributed by atoms with Gasteiger partial charge in [0.1, 0.15) is 0 Å². The molecule has 0 spiro atoms. The summed E-state index contributed by atoms with van der Waals surface area (Å²) in [6.07, 6.45) is 2.08. The van der Waals surface area contributed by atoms with Crippen molar-refractivity contribution in [1.82, 2.24) is 0 Å². The molecule has 1 aliphatic heterocycles. The van der Waals surface area contributed by atoms with Gasteiger partial charge in [0.2, 0.25) is 5.91 Å². The van der Waals surface area contributed by atoms with E-state index in [9.17, 15) is 4.79 Å². The predicted octanol–water partition coefficient (Wildman–Crippen LogP) is 4.23. The summed E-state index contributed by atoms with van der Waals surface area (Å²) in [7, 11) is 0. The van der Waals surface area contributed by atoms with Crippen molar-refractivity contribution < 1.29 is 4.79 Å². The summed E-state index contributed by atoms with van der Waals surface area (Å²) in [4.78, 5) is 14.6. The van der Waals surface area contributed by atoms with Gasteiger partial charge in [0.05, 0.1) is 6.54 Å². The Morgan fingerprint density at radius 3 is 2.67 bits per heavy atom. The molecule has 0 radical (unpaired) electrons. The Kier molecular flexibility index (Phi) is 3.91. The SMILES string of the molecule is O=C(CNc1ccc2ccccc2c1)N1CCCc2ccccc21. The van der Waals surface area contributed by atoms with Gasteiger partial charge in [0, 0.05) is 17.9 Å². The number of hydrogen-bond donors (Lipinski definition) is 1. The first-order valence-electron chi connectivity index (χ1n) is 8.42. The fourth-order valence-corrected chi connectivity index (χ4v) is 3.37. The van der Waals surface area contributed by atoms with Crippen molar-refractivity contribution in [2.45, 2.75) is 12.8 Å². The van der Waals surface area contributed by atoms with E-state index >= 15 is 0 Å². The van der Waals surface area contributed by atoms with Crippen LogP contribution in [0, 0.1) is 0 Å². The zero-order valence-electron chi connectivity index (χ0n) is 13.5. The molecule has 3 aromatic rings. The first-order chi connectivity index (χ1) is 11.8. The minimum absolute atomic E-state index is 0.121. The molecular weight excluding hydrogens is 296 g/mol. The molecule has 3 nitrogen and oxygen atoms in total. The van der Waals surface area contributed by atoms with Crippen LogP contribution in [-0.2, 0) is 11.2 Å². The summed E-state index contributed by atoms with van der Waals surface area (Å²) in [6.45, 7) is 1.11. The molecule has 3 heteroatoms. The highest BCUT2D eigenvalue weighted by Crippen LogP contribution is 2.27. The van der Waals surface area contributed by atoms with E-state index in [-0.39, 0.29) is 5.91 Å². The van der Waals surface area contributed by atoms with E-state index in [2.05, 4.69) is 35.6 Å². The number of nitrogens with zero attached hydrogens (tertiary/aromatic N) is 1. The van der Waals surface area contributed by atoms with Crippen LogP contribution in [0.15, 0.2) is 66.7 Å². The van der Waals surface area contributed by atoms with Crippen molar-refractivity contribution in [1.29, 1.82) is 0 Å². The van der Waals surface area contributed by atoms with Crippen molar-refractivity contribution in [2.24, 2.45) is 0 Å². The number of nitrogens with one attached hydrogen (secondary N) is 1. The van der Waals surface area contributed by atoms with Gasteiger partial charge in [0.15, 0.2) is 0 Å². The minimum Gasteiger partial charge on any atom is -0.376 e. The molecule has 3 aromatic carbocycles. The molecule has 0 fully saturated rings. The number of hydrogen-bond acceptors (Lipinski definition) is 2. The smallest absolute Gasteiger partial charge is 0.246 e. The van der Waals surface area contributed by atoms with Crippen LogP contribution in [0.1, 0.15) is 12.0 Å². The number of carbonyl (C=O) groups is 1. The highest BCUT2D eigenvalue weighted by atomic mass is 16.2. The monoisotopic (exact) mass is 316 g/mol. The van der Waals surface area contributed by atoms with Crippen LogP contribution in [0.5, 0.6) is 0 Å². The number of aryl methyl sites for hydroxylation is 1. The maximum atomic E-state index is 12.7. The van der Waals surface area contributed by atoms with Crippen LogP contribution in [0.25, 0.3) is 10.8 Å². The maximum Gasteiger partial charge on any atom is 0.246 e. The zero-order chi connectivity index (χ0) is 16.4. The van der Waals surface area contributed by atoms with Gasteiger partial charge < -0.3 is 10.2 Å². The van der Waals surface area contributed by atoms with Gasteiger partial charge in [-0.1, -0.05) is 48.5 Å². The maximum absolute atomic E-state index is 12.7. The minimum atomic E-state index is 0.121. The topological polar surface area (TPSA) is 32.3 Å². The van der Waals surface area contributed by atoms with Gasteiger partial charge in [-0.25, -0.2) is 0 Å². The molecule has 0 saturated heterocycles. The van der Waals surface area contributed by atoms with E-state index in [1.165, 1.54) is 16.3 Å². The fraction of sp³-hybridized carbons (Fsp3) is 0.190.